The Morgan fingerprint density at radius 3 is 2.16 bits per heavy atom. The molecular weight excluding hydrogens is 446 g/mol. The van der Waals surface area contributed by atoms with Gasteiger partial charge in [-0.3, -0.25) is 0 Å². The van der Waals surface area contributed by atoms with Gasteiger partial charge in [-0.1, -0.05) is 24.3 Å². The minimum Gasteiger partial charge on any atom is -0.335 e. The Morgan fingerprint density at radius 1 is 1.06 bits per heavy atom. The third kappa shape index (κ3) is 3.94. The molecule has 0 radical (unpaired) electrons. The summed E-state index contributed by atoms with van der Waals surface area (Å²) in [4.78, 5) is 12.8. The number of piperidine rings is 1. The molecule has 2 unspecified atom stereocenters. The standard InChI is InChI=1S/C24H34ClN3O3S/c1-16(2)32(30,31)28-9-7-19(8-10-28)26-22(29)27-24-13-17-11-23(25,15-24)12-18(14-24)21-6-4-3-5-20(17)21/h3-6,16-19H,7-15H2,1-2H3,(H2,26,27,29). The average molecular weight is 480 g/mol. The summed E-state index contributed by atoms with van der Waals surface area (Å²) in [5.74, 6) is 0.768. The number of nitrogens with zero attached hydrogens (tertiary/aromatic N) is 1. The molecule has 0 spiro atoms. The fourth-order valence-corrected chi connectivity index (χ4v) is 8.83. The van der Waals surface area contributed by atoms with E-state index in [2.05, 4.69) is 34.9 Å². The Morgan fingerprint density at radius 2 is 1.62 bits per heavy atom. The number of nitrogens with one attached hydrogen (secondary N) is 2. The zero-order valence-corrected chi connectivity index (χ0v) is 20.5. The van der Waals surface area contributed by atoms with E-state index >= 15 is 0 Å². The summed E-state index contributed by atoms with van der Waals surface area (Å²) in [5.41, 5.74) is 2.56. The smallest absolute Gasteiger partial charge is 0.315 e. The minimum absolute atomic E-state index is 0.00753. The van der Waals surface area contributed by atoms with E-state index < -0.39 is 15.3 Å². The van der Waals surface area contributed by atoms with E-state index in [1.807, 2.05) is 0 Å². The number of carbonyl (C=O) groups is 1. The van der Waals surface area contributed by atoms with Crippen LogP contribution in [0.4, 0.5) is 4.79 Å². The molecule has 2 atom stereocenters. The zero-order valence-electron chi connectivity index (χ0n) is 18.9. The number of hydrogen-bond donors (Lipinski definition) is 2. The lowest BCUT2D eigenvalue weighted by atomic mass is 9.62. The lowest BCUT2D eigenvalue weighted by molar-refractivity contribution is 0.118. The van der Waals surface area contributed by atoms with E-state index in [4.69, 9.17) is 11.6 Å². The molecule has 1 heterocycles. The SMILES string of the molecule is CC(C)S(=O)(=O)N1CCC(NC(=O)NC23CC4CC(Cl)(CC(C2)c2ccccc24)C3)CC1. The van der Waals surface area contributed by atoms with Crippen molar-refractivity contribution in [3.63, 3.8) is 0 Å². The second kappa shape index (κ2) is 7.88. The van der Waals surface area contributed by atoms with E-state index in [0.717, 1.165) is 32.1 Å². The molecule has 2 N–H and O–H groups in total. The van der Waals surface area contributed by atoms with Crippen molar-refractivity contribution in [3.8, 4) is 0 Å². The highest BCUT2D eigenvalue weighted by Crippen LogP contribution is 2.61. The van der Waals surface area contributed by atoms with Gasteiger partial charge in [-0.05, 0) is 81.8 Å². The van der Waals surface area contributed by atoms with Crippen LogP contribution in [-0.4, -0.2) is 53.5 Å². The summed E-state index contributed by atoms with van der Waals surface area (Å²) in [6.45, 7) is 4.34. The highest BCUT2D eigenvalue weighted by atomic mass is 35.5. The van der Waals surface area contributed by atoms with Gasteiger partial charge in [0.1, 0.15) is 0 Å². The minimum atomic E-state index is -3.23. The van der Waals surface area contributed by atoms with Gasteiger partial charge in [0.15, 0.2) is 0 Å². The molecule has 176 valence electrons. The van der Waals surface area contributed by atoms with Gasteiger partial charge in [0.25, 0.3) is 0 Å². The van der Waals surface area contributed by atoms with Crippen LogP contribution in [0.15, 0.2) is 24.3 Å². The first kappa shape index (κ1) is 22.5. The van der Waals surface area contributed by atoms with E-state index in [1.165, 1.54) is 11.1 Å². The maximum Gasteiger partial charge on any atom is 0.315 e. The number of alkyl halides is 1. The Kier molecular flexibility index (Phi) is 5.54. The number of sulfonamides is 1. The Bertz CT molecular complexity index is 968. The van der Waals surface area contributed by atoms with E-state index in [0.29, 0.717) is 37.8 Å². The van der Waals surface area contributed by atoms with Crippen molar-refractivity contribution < 1.29 is 13.2 Å². The van der Waals surface area contributed by atoms with Gasteiger partial charge in [0.2, 0.25) is 10.0 Å². The van der Waals surface area contributed by atoms with Crippen molar-refractivity contribution in [2.24, 2.45) is 0 Å². The summed E-state index contributed by atoms with van der Waals surface area (Å²) in [6.07, 6.45) is 5.94. The van der Waals surface area contributed by atoms with Crippen molar-refractivity contribution in [2.45, 2.75) is 92.3 Å². The maximum atomic E-state index is 13.1. The van der Waals surface area contributed by atoms with E-state index in [1.54, 1.807) is 18.2 Å². The molecule has 0 aromatic heterocycles. The highest BCUT2D eigenvalue weighted by molar-refractivity contribution is 7.89. The lowest BCUT2D eigenvalue weighted by Gasteiger charge is -2.52. The first-order valence-corrected chi connectivity index (χ1v) is 13.8. The van der Waals surface area contributed by atoms with Gasteiger partial charge >= 0.3 is 6.03 Å². The monoisotopic (exact) mass is 479 g/mol. The summed E-state index contributed by atoms with van der Waals surface area (Å²) in [6, 6.07) is 8.58. The molecule has 6 nitrogen and oxygen atoms in total. The lowest BCUT2D eigenvalue weighted by Crippen LogP contribution is -2.61. The summed E-state index contributed by atoms with van der Waals surface area (Å²) >= 11 is 7.14. The van der Waals surface area contributed by atoms with Crippen LogP contribution in [0.3, 0.4) is 0 Å². The topological polar surface area (TPSA) is 78.5 Å². The van der Waals surface area contributed by atoms with Crippen LogP contribution in [0.2, 0.25) is 0 Å². The molecule has 1 saturated heterocycles. The predicted molar refractivity (Wildman–Crippen MR) is 127 cm³/mol. The number of carbonyl (C=O) groups excluding carboxylic acids is 1. The molecule has 4 bridgehead atoms. The number of halogens is 1. The molecule has 2 amide bonds. The normalized spacial score (nSPS) is 34.9. The Hall–Kier alpha value is -1.31. The third-order valence-corrected chi connectivity index (χ3v) is 10.9. The Balaban J connectivity index is 1.25. The molecule has 1 aromatic rings. The molecule has 32 heavy (non-hydrogen) atoms. The second-order valence-electron chi connectivity index (χ2n) is 10.8. The molecule has 2 saturated carbocycles. The fraction of sp³-hybridized carbons (Fsp3) is 0.708. The van der Waals surface area contributed by atoms with Crippen LogP contribution >= 0.6 is 11.6 Å². The highest BCUT2D eigenvalue weighted by Gasteiger charge is 2.57. The van der Waals surface area contributed by atoms with Gasteiger partial charge in [-0.2, -0.15) is 0 Å². The first-order valence-electron chi connectivity index (χ1n) is 11.9. The van der Waals surface area contributed by atoms with Crippen molar-refractivity contribution in [3.05, 3.63) is 35.4 Å². The molecule has 3 fully saturated rings. The first-order chi connectivity index (χ1) is 15.1. The van der Waals surface area contributed by atoms with Crippen molar-refractivity contribution in [2.75, 3.05) is 13.1 Å². The molecule has 6 rings (SSSR count). The van der Waals surface area contributed by atoms with Gasteiger partial charge in [0.05, 0.1) is 5.25 Å². The largest absolute Gasteiger partial charge is 0.335 e. The number of urea groups is 1. The van der Waals surface area contributed by atoms with E-state index in [-0.39, 0.29) is 22.5 Å². The van der Waals surface area contributed by atoms with Gasteiger partial charge in [-0.15, -0.1) is 11.6 Å². The third-order valence-electron chi connectivity index (χ3n) is 8.15. The molecule has 5 aliphatic rings. The molecule has 8 heteroatoms. The van der Waals surface area contributed by atoms with Crippen LogP contribution in [0.25, 0.3) is 0 Å². The van der Waals surface area contributed by atoms with Crippen LogP contribution in [0.5, 0.6) is 0 Å². The fourth-order valence-electron chi connectivity index (χ4n) is 6.89. The molecule has 1 aromatic carbocycles. The van der Waals surface area contributed by atoms with Crippen LogP contribution < -0.4 is 10.6 Å². The zero-order chi connectivity index (χ0) is 22.7. The van der Waals surface area contributed by atoms with Crippen molar-refractivity contribution in [1.82, 2.24) is 14.9 Å². The van der Waals surface area contributed by atoms with E-state index in [9.17, 15) is 13.2 Å². The van der Waals surface area contributed by atoms with Crippen LogP contribution in [-0.2, 0) is 10.0 Å². The molecule has 4 aliphatic carbocycles. The average Bonchev–Trinajstić information content (AvgIpc) is 2.86. The number of amides is 2. The quantitative estimate of drug-likeness (QED) is 0.639. The summed E-state index contributed by atoms with van der Waals surface area (Å²) in [7, 11) is -3.23. The maximum absolute atomic E-state index is 13.1. The van der Waals surface area contributed by atoms with Gasteiger partial charge < -0.3 is 10.6 Å². The number of benzene rings is 1. The predicted octanol–water partition coefficient (Wildman–Crippen LogP) is 4.06. The van der Waals surface area contributed by atoms with Gasteiger partial charge in [0, 0.05) is 29.5 Å². The molecule has 1 aliphatic heterocycles. The van der Waals surface area contributed by atoms with Crippen molar-refractivity contribution in [1.29, 1.82) is 0 Å². The van der Waals surface area contributed by atoms with Crippen LogP contribution in [0.1, 0.15) is 81.8 Å². The van der Waals surface area contributed by atoms with Gasteiger partial charge in [-0.25, -0.2) is 17.5 Å². The van der Waals surface area contributed by atoms with Crippen LogP contribution in [0, 0.1) is 0 Å². The van der Waals surface area contributed by atoms with Crippen molar-refractivity contribution >= 4 is 27.7 Å². The number of rotatable bonds is 4. The summed E-state index contributed by atoms with van der Waals surface area (Å²) in [5, 5.41) is 6.09. The second-order valence-corrected chi connectivity index (χ2v) is 14.1. The number of hydrogen-bond acceptors (Lipinski definition) is 3. The summed E-state index contributed by atoms with van der Waals surface area (Å²) < 4.78 is 26.4. The molecular formula is C24H34ClN3O3S. The Labute approximate surface area is 196 Å².